The third kappa shape index (κ3) is 3.29. The number of nitrogens with one attached hydrogen (secondary N) is 1. The molecule has 0 aliphatic rings. The van der Waals surface area contributed by atoms with Crippen LogP contribution in [0.2, 0.25) is 10.0 Å². The van der Waals surface area contributed by atoms with Gasteiger partial charge >= 0.3 is 0 Å². The van der Waals surface area contributed by atoms with Crippen molar-refractivity contribution in [2.75, 3.05) is 5.73 Å². The van der Waals surface area contributed by atoms with Gasteiger partial charge in [-0.3, -0.25) is 4.79 Å². The molecule has 4 nitrogen and oxygen atoms in total. The van der Waals surface area contributed by atoms with Gasteiger partial charge in [0.1, 0.15) is 0 Å². The van der Waals surface area contributed by atoms with Crippen LogP contribution in [0.3, 0.4) is 0 Å². The molecule has 0 aromatic heterocycles. The van der Waals surface area contributed by atoms with Crippen molar-refractivity contribution in [2.24, 2.45) is 5.10 Å². The normalized spacial score (nSPS) is 10.7. The van der Waals surface area contributed by atoms with Gasteiger partial charge in [0.15, 0.2) is 0 Å². The Bertz CT molecular complexity index is 651. The lowest BCUT2D eigenvalue weighted by atomic mass is 10.2. The Morgan fingerprint density at radius 3 is 2.40 bits per heavy atom. The molecule has 2 rings (SSSR count). The first-order chi connectivity index (χ1) is 9.59. The van der Waals surface area contributed by atoms with Gasteiger partial charge in [0.05, 0.1) is 21.8 Å². The molecule has 0 fully saturated rings. The molecule has 0 saturated carbocycles. The van der Waals surface area contributed by atoms with Crippen LogP contribution in [0.25, 0.3) is 0 Å². The molecule has 0 heterocycles. The molecule has 102 valence electrons. The predicted octanol–water partition coefficient (Wildman–Crippen LogP) is 3.34. The number of carbonyl (C=O) groups is 1. The van der Waals surface area contributed by atoms with Gasteiger partial charge in [-0.2, -0.15) is 5.10 Å². The number of amides is 1. The highest BCUT2D eigenvalue weighted by molar-refractivity contribution is 6.38. The first-order valence-electron chi connectivity index (χ1n) is 5.71. The molecule has 0 bridgehead atoms. The number of carbonyl (C=O) groups excluding carboxylic acids is 1. The molecule has 2 aromatic carbocycles. The second kappa shape index (κ2) is 6.41. The molecule has 0 aliphatic carbocycles. The monoisotopic (exact) mass is 307 g/mol. The Morgan fingerprint density at radius 1 is 1.10 bits per heavy atom. The summed E-state index contributed by atoms with van der Waals surface area (Å²) in [5, 5.41) is 4.74. The van der Waals surface area contributed by atoms with E-state index in [0.717, 1.165) is 0 Å². The summed E-state index contributed by atoms with van der Waals surface area (Å²) in [6.45, 7) is 0. The van der Waals surface area contributed by atoms with Crippen LogP contribution in [-0.4, -0.2) is 12.1 Å². The maximum absolute atomic E-state index is 11.9. The molecule has 3 N–H and O–H groups in total. The van der Waals surface area contributed by atoms with Gasteiger partial charge in [0.25, 0.3) is 5.91 Å². The van der Waals surface area contributed by atoms with Crippen LogP contribution in [0.5, 0.6) is 0 Å². The summed E-state index contributed by atoms with van der Waals surface area (Å²) in [5.74, 6) is -0.400. The Kier molecular flexibility index (Phi) is 4.61. The van der Waals surface area contributed by atoms with E-state index >= 15 is 0 Å². The van der Waals surface area contributed by atoms with Gasteiger partial charge in [-0.15, -0.1) is 0 Å². The number of hydrogen-bond donors (Lipinski definition) is 2. The number of nitrogens with two attached hydrogens (primary N) is 1. The number of para-hydroxylation sites is 1. The zero-order valence-electron chi connectivity index (χ0n) is 10.3. The topological polar surface area (TPSA) is 67.5 Å². The summed E-state index contributed by atoms with van der Waals surface area (Å²) in [6.07, 6.45) is 1.39. The second-order valence-corrected chi connectivity index (χ2v) is 4.74. The van der Waals surface area contributed by atoms with Gasteiger partial charge in [-0.05, 0) is 24.3 Å². The number of anilines is 1. The van der Waals surface area contributed by atoms with Crippen molar-refractivity contribution in [3.05, 3.63) is 63.6 Å². The lowest BCUT2D eigenvalue weighted by Crippen LogP contribution is -2.19. The van der Waals surface area contributed by atoms with Crippen LogP contribution >= 0.6 is 23.2 Å². The van der Waals surface area contributed by atoms with E-state index in [9.17, 15) is 4.79 Å². The van der Waals surface area contributed by atoms with E-state index in [-0.39, 0.29) is 0 Å². The molecule has 2 aromatic rings. The molecule has 0 atom stereocenters. The van der Waals surface area contributed by atoms with Crippen LogP contribution in [0.1, 0.15) is 15.9 Å². The average molecular weight is 308 g/mol. The van der Waals surface area contributed by atoms with Crippen molar-refractivity contribution in [1.82, 2.24) is 5.43 Å². The van der Waals surface area contributed by atoms with E-state index in [0.29, 0.717) is 26.9 Å². The van der Waals surface area contributed by atoms with E-state index in [1.165, 1.54) is 6.21 Å². The van der Waals surface area contributed by atoms with Crippen LogP contribution in [0.4, 0.5) is 5.69 Å². The summed E-state index contributed by atoms with van der Waals surface area (Å²) >= 11 is 12.0. The number of nitrogen functional groups attached to an aromatic ring is 1. The van der Waals surface area contributed by atoms with Crippen molar-refractivity contribution >= 4 is 41.0 Å². The molecule has 0 unspecified atom stereocenters. The van der Waals surface area contributed by atoms with Crippen molar-refractivity contribution in [1.29, 1.82) is 0 Å². The van der Waals surface area contributed by atoms with E-state index in [2.05, 4.69) is 10.5 Å². The van der Waals surface area contributed by atoms with Crippen molar-refractivity contribution in [2.45, 2.75) is 0 Å². The molecular weight excluding hydrogens is 297 g/mol. The number of hydrogen-bond acceptors (Lipinski definition) is 3. The number of benzene rings is 2. The minimum Gasteiger partial charge on any atom is -0.398 e. The average Bonchev–Trinajstić information content (AvgIpc) is 2.42. The molecular formula is C14H11Cl2N3O. The first-order valence-corrected chi connectivity index (χ1v) is 6.47. The van der Waals surface area contributed by atoms with E-state index < -0.39 is 5.91 Å². The smallest absolute Gasteiger partial charge is 0.273 e. The number of nitrogens with zero attached hydrogens (tertiary/aromatic N) is 1. The van der Waals surface area contributed by atoms with Crippen LogP contribution in [0.15, 0.2) is 47.6 Å². The lowest BCUT2D eigenvalue weighted by Gasteiger charge is -2.03. The summed E-state index contributed by atoms with van der Waals surface area (Å²) in [6, 6.07) is 11.8. The Morgan fingerprint density at radius 2 is 1.75 bits per heavy atom. The third-order valence-electron chi connectivity index (χ3n) is 2.56. The number of rotatable bonds is 3. The number of hydrazone groups is 1. The maximum Gasteiger partial charge on any atom is 0.273 e. The SMILES string of the molecule is Nc1ccccc1C(=O)NN=Cc1c(Cl)cccc1Cl. The minimum absolute atomic E-state index is 0.356. The fourth-order valence-corrected chi connectivity index (χ4v) is 2.05. The highest BCUT2D eigenvalue weighted by Crippen LogP contribution is 2.22. The Labute approximate surface area is 126 Å². The van der Waals surface area contributed by atoms with Crippen molar-refractivity contribution in [3.63, 3.8) is 0 Å². The first kappa shape index (κ1) is 14.4. The molecule has 0 radical (unpaired) electrons. The van der Waals surface area contributed by atoms with E-state index in [1.807, 2.05) is 0 Å². The lowest BCUT2D eigenvalue weighted by molar-refractivity contribution is 0.0956. The minimum atomic E-state index is -0.400. The zero-order valence-corrected chi connectivity index (χ0v) is 11.8. The molecule has 1 amide bonds. The maximum atomic E-state index is 11.9. The Hall–Kier alpha value is -2.04. The van der Waals surface area contributed by atoms with Gasteiger partial charge < -0.3 is 5.73 Å². The van der Waals surface area contributed by atoms with Crippen LogP contribution < -0.4 is 11.2 Å². The molecule has 20 heavy (non-hydrogen) atoms. The summed E-state index contributed by atoms with van der Waals surface area (Å²) in [7, 11) is 0. The zero-order chi connectivity index (χ0) is 14.5. The van der Waals surface area contributed by atoms with Gasteiger partial charge in [-0.1, -0.05) is 41.4 Å². The van der Waals surface area contributed by atoms with E-state index in [4.69, 9.17) is 28.9 Å². The second-order valence-electron chi connectivity index (χ2n) is 3.92. The highest BCUT2D eigenvalue weighted by atomic mass is 35.5. The summed E-state index contributed by atoms with van der Waals surface area (Å²) in [5.41, 5.74) is 9.35. The molecule has 0 aliphatic heterocycles. The largest absolute Gasteiger partial charge is 0.398 e. The highest BCUT2D eigenvalue weighted by Gasteiger charge is 2.07. The van der Waals surface area contributed by atoms with Gasteiger partial charge in [0.2, 0.25) is 0 Å². The van der Waals surface area contributed by atoms with Crippen molar-refractivity contribution in [3.8, 4) is 0 Å². The summed E-state index contributed by atoms with van der Waals surface area (Å²) < 4.78 is 0. The Balaban J connectivity index is 2.11. The van der Waals surface area contributed by atoms with Crippen LogP contribution in [-0.2, 0) is 0 Å². The number of halogens is 2. The standard InChI is InChI=1S/C14H11Cl2N3O/c15-11-5-3-6-12(16)10(11)8-18-19-14(20)9-4-1-2-7-13(9)17/h1-8H,17H2,(H,19,20). The predicted molar refractivity (Wildman–Crippen MR) is 82.4 cm³/mol. The fourth-order valence-electron chi connectivity index (χ4n) is 1.55. The third-order valence-corrected chi connectivity index (χ3v) is 3.22. The molecule has 0 spiro atoms. The molecule has 6 heteroatoms. The molecule has 0 saturated heterocycles. The van der Waals surface area contributed by atoms with Crippen LogP contribution in [0, 0.1) is 0 Å². The van der Waals surface area contributed by atoms with Crippen molar-refractivity contribution < 1.29 is 4.79 Å². The van der Waals surface area contributed by atoms with Gasteiger partial charge in [-0.25, -0.2) is 5.43 Å². The van der Waals surface area contributed by atoms with E-state index in [1.54, 1.807) is 42.5 Å². The summed E-state index contributed by atoms with van der Waals surface area (Å²) in [4.78, 5) is 11.9. The quantitative estimate of drug-likeness (QED) is 0.519. The fraction of sp³-hybridized carbons (Fsp3) is 0. The van der Waals surface area contributed by atoms with Gasteiger partial charge in [0, 0.05) is 11.3 Å².